The summed E-state index contributed by atoms with van der Waals surface area (Å²) in [5.74, 6) is -3.07. The summed E-state index contributed by atoms with van der Waals surface area (Å²) < 4.78 is 26.0. The number of rotatable bonds is 9. The molecule has 14 nitrogen and oxygen atoms in total. The van der Waals surface area contributed by atoms with Crippen LogP contribution in [0.1, 0.15) is 5.56 Å². The quantitative estimate of drug-likeness (QED) is 0.118. The monoisotopic (exact) mass is 518 g/mol. The highest BCUT2D eigenvalue weighted by atomic mass is 16.8. The number of aliphatic hydroxyl groups excluding tert-OH is 7. The first-order valence-electron chi connectivity index (χ1n) is 10.9. The minimum atomic E-state index is -2.32. The van der Waals surface area contributed by atoms with E-state index >= 15 is 0 Å². The van der Waals surface area contributed by atoms with Crippen molar-refractivity contribution in [1.82, 2.24) is 0 Å². The molecule has 0 unspecified atom stereocenters. The molecule has 2 saturated heterocycles. The summed E-state index contributed by atoms with van der Waals surface area (Å²) in [5.41, 5.74) is 0.510. The maximum absolute atomic E-state index is 12.1. The maximum atomic E-state index is 12.1. The van der Waals surface area contributed by atoms with E-state index in [1.165, 1.54) is 31.4 Å². The molecule has 2 heterocycles. The van der Waals surface area contributed by atoms with Crippen LogP contribution in [0.5, 0.6) is 11.5 Å². The molecular formula is C22H30O14. The molecule has 0 radical (unpaired) electrons. The minimum absolute atomic E-state index is 0.0851. The van der Waals surface area contributed by atoms with E-state index in [0.29, 0.717) is 5.56 Å². The standard InChI is InChI=1S/C22H30O14/c1-32-12-6-10(2-4-11(12)25)3-5-15(26)33-8-14-16(27)18(29)19(30)21(34-14)36-22(9-24)20(31)17(28)13(7-23)35-22/h2-6,13-14,16-21,23-25,27-31H,7-9H2,1H3/b5-3+/t13-,14-,16+,17+,18-,19-,20+,21-,22+/m0/s1. The molecule has 0 bridgehead atoms. The Morgan fingerprint density at radius 1 is 1.06 bits per heavy atom. The highest BCUT2D eigenvalue weighted by Gasteiger charge is 2.58. The van der Waals surface area contributed by atoms with Gasteiger partial charge < -0.3 is 64.5 Å². The van der Waals surface area contributed by atoms with E-state index in [2.05, 4.69) is 0 Å². The lowest BCUT2D eigenvalue weighted by atomic mass is 9.99. The molecule has 9 atom stereocenters. The first kappa shape index (κ1) is 28.2. The average Bonchev–Trinajstić information content (AvgIpc) is 3.12. The van der Waals surface area contributed by atoms with E-state index in [4.69, 9.17) is 23.7 Å². The van der Waals surface area contributed by atoms with Gasteiger partial charge in [-0.25, -0.2) is 4.79 Å². The van der Waals surface area contributed by atoms with E-state index in [0.717, 1.165) is 6.08 Å². The summed E-state index contributed by atoms with van der Waals surface area (Å²) in [7, 11) is 1.36. The molecule has 1 aromatic rings. The number of methoxy groups -OCH3 is 1. The minimum Gasteiger partial charge on any atom is -0.504 e. The van der Waals surface area contributed by atoms with Crippen LogP contribution in [0.25, 0.3) is 6.08 Å². The Balaban J connectivity index is 1.64. The fraction of sp³-hybridized carbons (Fsp3) is 0.591. The normalized spacial score (nSPS) is 36.8. The van der Waals surface area contributed by atoms with E-state index in [1.807, 2.05) is 0 Å². The van der Waals surface area contributed by atoms with Crippen molar-refractivity contribution in [3.8, 4) is 11.5 Å². The fourth-order valence-electron chi connectivity index (χ4n) is 3.79. The van der Waals surface area contributed by atoms with Gasteiger partial charge in [0.25, 0.3) is 0 Å². The molecule has 3 rings (SSSR count). The van der Waals surface area contributed by atoms with Crippen molar-refractivity contribution in [2.24, 2.45) is 0 Å². The fourth-order valence-corrected chi connectivity index (χ4v) is 3.79. The molecule has 0 spiro atoms. The smallest absolute Gasteiger partial charge is 0.330 e. The molecule has 1 aromatic carbocycles. The van der Waals surface area contributed by atoms with Gasteiger partial charge in [0.15, 0.2) is 17.8 Å². The van der Waals surface area contributed by atoms with Gasteiger partial charge in [-0.2, -0.15) is 0 Å². The third kappa shape index (κ3) is 5.78. The van der Waals surface area contributed by atoms with E-state index in [1.54, 1.807) is 0 Å². The second-order valence-corrected chi connectivity index (χ2v) is 8.27. The number of aromatic hydroxyl groups is 1. The summed E-state index contributed by atoms with van der Waals surface area (Å²) in [6, 6.07) is 4.36. The van der Waals surface area contributed by atoms with Crippen LogP contribution in [-0.2, 0) is 23.7 Å². The van der Waals surface area contributed by atoms with Gasteiger partial charge in [0.2, 0.25) is 5.79 Å². The number of phenolic OH excluding ortho intramolecular Hbond substituents is 1. The molecule has 2 aliphatic rings. The van der Waals surface area contributed by atoms with Gasteiger partial charge >= 0.3 is 5.97 Å². The van der Waals surface area contributed by atoms with Gasteiger partial charge in [0.1, 0.15) is 55.9 Å². The molecule has 0 aromatic heterocycles. The van der Waals surface area contributed by atoms with Crippen LogP contribution in [0, 0.1) is 0 Å². The van der Waals surface area contributed by atoms with Crippen molar-refractivity contribution in [2.45, 2.75) is 54.8 Å². The number of phenols is 1. The largest absolute Gasteiger partial charge is 0.504 e. The second kappa shape index (κ2) is 11.8. The van der Waals surface area contributed by atoms with Crippen molar-refractivity contribution >= 4 is 12.0 Å². The number of benzene rings is 1. The van der Waals surface area contributed by atoms with Gasteiger partial charge in [0.05, 0.1) is 13.7 Å². The lowest BCUT2D eigenvalue weighted by molar-refractivity contribution is -0.383. The van der Waals surface area contributed by atoms with Gasteiger partial charge in [0, 0.05) is 6.08 Å². The zero-order chi connectivity index (χ0) is 26.6. The van der Waals surface area contributed by atoms with Crippen LogP contribution in [0.4, 0.5) is 0 Å². The van der Waals surface area contributed by atoms with Crippen LogP contribution in [0.2, 0.25) is 0 Å². The lowest BCUT2D eigenvalue weighted by Crippen LogP contribution is -2.62. The SMILES string of the molecule is COc1cc(/C=C/C(=O)OC[C@@H]2O[C@@H](O[C@@]3(CO)O[C@@H](CO)[C@@H](O)[C@H]3O)[C@@H](O)[C@@H](O)[C@@H]2O)ccc1O. The summed E-state index contributed by atoms with van der Waals surface area (Å²) in [6.07, 6.45) is -11.1. The van der Waals surface area contributed by atoms with E-state index < -0.39 is 80.6 Å². The molecule has 0 saturated carbocycles. The second-order valence-electron chi connectivity index (χ2n) is 8.27. The molecular weight excluding hydrogens is 488 g/mol. The van der Waals surface area contributed by atoms with Gasteiger partial charge in [-0.05, 0) is 23.8 Å². The highest BCUT2D eigenvalue weighted by molar-refractivity contribution is 5.87. The van der Waals surface area contributed by atoms with E-state index in [9.17, 15) is 45.6 Å². The van der Waals surface area contributed by atoms with Gasteiger partial charge in [-0.1, -0.05) is 6.07 Å². The van der Waals surface area contributed by atoms with Crippen LogP contribution in [0.15, 0.2) is 24.3 Å². The zero-order valence-corrected chi connectivity index (χ0v) is 19.2. The van der Waals surface area contributed by atoms with Crippen molar-refractivity contribution in [3.63, 3.8) is 0 Å². The third-order valence-corrected chi connectivity index (χ3v) is 5.90. The Hall–Kier alpha value is -2.37. The Labute approximate surface area is 205 Å². The predicted octanol–water partition coefficient (Wildman–Crippen LogP) is -3.42. The topological polar surface area (TPSA) is 225 Å². The molecule has 2 fully saturated rings. The maximum Gasteiger partial charge on any atom is 0.330 e. The zero-order valence-electron chi connectivity index (χ0n) is 19.2. The van der Waals surface area contributed by atoms with Crippen molar-refractivity contribution in [3.05, 3.63) is 29.8 Å². The van der Waals surface area contributed by atoms with Crippen molar-refractivity contribution in [1.29, 1.82) is 0 Å². The van der Waals surface area contributed by atoms with Crippen LogP contribution < -0.4 is 4.74 Å². The predicted molar refractivity (Wildman–Crippen MR) is 116 cm³/mol. The van der Waals surface area contributed by atoms with Crippen molar-refractivity contribution < 1.29 is 69.3 Å². The number of carbonyl (C=O) groups is 1. The van der Waals surface area contributed by atoms with Crippen LogP contribution >= 0.6 is 0 Å². The number of hydrogen-bond acceptors (Lipinski definition) is 14. The Kier molecular flexibility index (Phi) is 9.23. The summed E-state index contributed by atoms with van der Waals surface area (Å²) in [6.45, 7) is -2.34. The molecule has 14 heteroatoms. The molecule has 2 aliphatic heterocycles. The average molecular weight is 518 g/mol. The molecule has 0 aliphatic carbocycles. The number of hydrogen-bond donors (Lipinski definition) is 8. The van der Waals surface area contributed by atoms with Gasteiger partial charge in [-0.15, -0.1) is 0 Å². The Morgan fingerprint density at radius 3 is 2.39 bits per heavy atom. The molecule has 0 amide bonds. The Bertz CT molecular complexity index is 924. The van der Waals surface area contributed by atoms with Crippen molar-refractivity contribution in [2.75, 3.05) is 26.9 Å². The number of aliphatic hydroxyl groups is 7. The van der Waals surface area contributed by atoms with Gasteiger partial charge in [-0.3, -0.25) is 0 Å². The summed E-state index contributed by atoms with van der Waals surface area (Å²) >= 11 is 0. The van der Waals surface area contributed by atoms with Crippen LogP contribution in [-0.4, -0.2) is 129 Å². The number of ether oxygens (including phenoxy) is 5. The number of esters is 1. The first-order chi connectivity index (χ1) is 17.1. The third-order valence-electron chi connectivity index (χ3n) is 5.90. The highest BCUT2D eigenvalue weighted by Crippen LogP contribution is 2.36. The lowest BCUT2D eigenvalue weighted by Gasteiger charge is -2.43. The summed E-state index contributed by atoms with van der Waals surface area (Å²) in [4.78, 5) is 12.1. The Morgan fingerprint density at radius 2 is 1.78 bits per heavy atom. The van der Waals surface area contributed by atoms with E-state index in [-0.39, 0.29) is 11.5 Å². The number of carbonyl (C=O) groups excluding carboxylic acids is 1. The first-order valence-corrected chi connectivity index (χ1v) is 10.9. The molecule has 8 N–H and O–H groups in total. The molecule has 36 heavy (non-hydrogen) atoms. The molecule has 202 valence electrons. The van der Waals surface area contributed by atoms with Crippen LogP contribution in [0.3, 0.4) is 0 Å². The summed E-state index contributed by atoms with van der Waals surface area (Å²) in [5, 5.41) is 79.6.